The maximum absolute atomic E-state index is 13.0. The van der Waals surface area contributed by atoms with Gasteiger partial charge in [-0.2, -0.15) is 0 Å². The van der Waals surface area contributed by atoms with Crippen molar-refractivity contribution in [2.75, 3.05) is 19.0 Å². The Morgan fingerprint density at radius 1 is 1.47 bits per heavy atom. The quantitative estimate of drug-likeness (QED) is 0.718. The van der Waals surface area contributed by atoms with Gasteiger partial charge in [-0.15, -0.1) is 11.6 Å². The number of nitrogens with zero attached hydrogens (tertiary/aromatic N) is 1. The lowest BCUT2D eigenvalue weighted by Crippen LogP contribution is -2.46. The predicted molar refractivity (Wildman–Crippen MR) is 60.6 cm³/mol. The molecule has 15 heavy (non-hydrogen) atoms. The van der Waals surface area contributed by atoms with Crippen molar-refractivity contribution >= 4 is 11.6 Å². The van der Waals surface area contributed by atoms with Crippen molar-refractivity contribution in [2.45, 2.75) is 13.5 Å². The number of likely N-dealkylation sites (tertiary alicyclic amines) is 1. The van der Waals surface area contributed by atoms with Crippen LogP contribution in [-0.4, -0.2) is 23.9 Å². The molecule has 0 aromatic heterocycles. The summed E-state index contributed by atoms with van der Waals surface area (Å²) in [6, 6.07) is 4.98. The molecule has 0 amide bonds. The van der Waals surface area contributed by atoms with Gasteiger partial charge in [0.2, 0.25) is 0 Å². The summed E-state index contributed by atoms with van der Waals surface area (Å²) < 4.78 is 13.0. The molecule has 1 aliphatic rings. The Balaban J connectivity index is 1.97. The lowest BCUT2D eigenvalue weighted by molar-refractivity contribution is 0.107. The molecular formula is C12H15ClFN. The van der Waals surface area contributed by atoms with E-state index in [1.54, 1.807) is 6.07 Å². The Kier molecular flexibility index (Phi) is 3.27. The van der Waals surface area contributed by atoms with E-state index in [-0.39, 0.29) is 5.82 Å². The molecule has 82 valence electrons. The van der Waals surface area contributed by atoms with E-state index in [9.17, 15) is 4.39 Å². The first-order chi connectivity index (χ1) is 7.19. The van der Waals surface area contributed by atoms with Crippen LogP contribution in [-0.2, 0) is 6.54 Å². The second-order valence-corrected chi connectivity index (χ2v) is 4.59. The molecule has 1 aromatic rings. The third-order valence-electron chi connectivity index (χ3n) is 2.96. The summed E-state index contributed by atoms with van der Waals surface area (Å²) in [5, 5.41) is 0. The molecule has 0 N–H and O–H groups in total. The van der Waals surface area contributed by atoms with Crippen LogP contribution in [0.4, 0.5) is 4.39 Å². The maximum atomic E-state index is 13.0. The zero-order valence-corrected chi connectivity index (χ0v) is 9.60. The topological polar surface area (TPSA) is 3.24 Å². The van der Waals surface area contributed by atoms with Crippen LogP contribution in [0.5, 0.6) is 0 Å². The molecule has 1 fully saturated rings. The smallest absolute Gasteiger partial charge is 0.123 e. The minimum absolute atomic E-state index is 0.148. The molecule has 0 spiro atoms. The van der Waals surface area contributed by atoms with E-state index in [0.29, 0.717) is 5.92 Å². The summed E-state index contributed by atoms with van der Waals surface area (Å²) in [5.41, 5.74) is 2.24. The first kappa shape index (κ1) is 10.9. The monoisotopic (exact) mass is 227 g/mol. The maximum Gasteiger partial charge on any atom is 0.123 e. The molecule has 1 saturated heterocycles. The molecule has 0 aliphatic carbocycles. The van der Waals surface area contributed by atoms with E-state index >= 15 is 0 Å². The number of rotatable bonds is 3. The SMILES string of the molecule is Cc1ccc(F)cc1CN1CC(CCl)C1. The van der Waals surface area contributed by atoms with Crippen LogP contribution >= 0.6 is 11.6 Å². The standard InChI is InChI=1S/C12H15ClFN/c1-9-2-3-12(14)4-11(9)8-15-6-10(5-13)7-15/h2-4,10H,5-8H2,1H3. The molecule has 0 saturated carbocycles. The van der Waals surface area contributed by atoms with Gasteiger partial charge >= 0.3 is 0 Å². The molecular weight excluding hydrogens is 213 g/mol. The molecule has 1 aromatic carbocycles. The fourth-order valence-corrected chi connectivity index (χ4v) is 2.15. The highest BCUT2D eigenvalue weighted by Gasteiger charge is 2.25. The fraction of sp³-hybridized carbons (Fsp3) is 0.500. The number of halogens is 2. The number of benzene rings is 1. The third-order valence-corrected chi connectivity index (χ3v) is 3.39. The van der Waals surface area contributed by atoms with Crippen LogP contribution in [0.3, 0.4) is 0 Å². The van der Waals surface area contributed by atoms with E-state index in [0.717, 1.165) is 36.6 Å². The Hall–Kier alpha value is -0.600. The Labute approximate surface area is 94.8 Å². The molecule has 0 unspecified atom stereocenters. The molecule has 0 radical (unpaired) electrons. The summed E-state index contributed by atoms with van der Waals surface area (Å²) in [7, 11) is 0. The average molecular weight is 228 g/mol. The van der Waals surface area contributed by atoms with E-state index in [2.05, 4.69) is 4.90 Å². The Bertz CT molecular complexity index is 347. The van der Waals surface area contributed by atoms with Gasteiger partial charge in [0.1, 0.15) is 5.82 Å². The van der Waals surface area contributed by atoms with E-state index < -0.39 is 0 Å². The second kappa shape index (κ2) is 4.50. The zero-order chi connectivity index (χ0) is 10.8. The van der Waals surface area contributed by atoms with Gasteiger partial charge in [0.15, 0.2) is 0 Å². The normalized spacial score (nSPS) is 17.8. The highest BCUT2D eigenvalue weighted by Crippen LogP contribution is 2.21. The van der Waals surface area contributed by atoms with Crippen LogP contribution in [0, 0.1) is 18.7 Å². The van der Waals surface area contributed by atoms with Crippen LogP contribution in [0.2, 0.25) is 0 Å². The van der Waals surface area contributed by atoms with Crippen molar-refractivity contribution in [2.24, 2.45) is 5.92 Å². The summed E-state index contributed by atoms with van der Waals surface area (Å²) in [5.74, 6) is 1.21. The number of alkyl halides is 1. The van der Waals surface area contributed by atoms with Gasteiger partial charge in [-0.3, -0.25) is 4.90 Å². The molecule has 1 nitrogen and oxygen atoms in total. The third kappa shape index (κ3) is 2.50. The molecule has 1 heterocycles. The van der Waals surface area contributed by atoms with Gasteiger partial charge in [0.05, 0.1) is 0 Å². The van der Waals surface area contributed by atoms with Gasteiger partial charge in [0.25, 0.3) is 0 Å². The van der Waals surface area contributed by atoms with Crippen LogP contribution in [0.1, 0.15) is 11.1 Å². The molecule has 0 atom stereocenters. The minimum atomic E-state index is -0.148. The predicted octanol–water partition coefficient (Wildman–Crippen LogP) is 2.80. The summed E-state index contributed by atoms with van der Waals surface area (Å²) in [6.45, 7) is 4.95. The van der Waals surface area contributed by atoms with Crippen molar-refractivity contribution < 1.29 is 4.39 Å². The van der Waals surface area contributed by atoms with Gasteiger partial charge in [-0.25, -0.2) is 4.39 Å². The highest BCUT2D eigenvalue weighted by molar-refractivity contribution is 6.18. The van der Waals surface area contributed by atoms with Crippen molar-refractivity contribution in [3.05, 3.63) is 35.1 Å². The number of hydrogen-bond donors (Lipinski definition) is 0. The van der Waals surface area contributed by atoms with Crippen LogP contribution < -0.4 is 0 Å². The first-order valence-corrected chi connectivity index (χ1v) is 5.76. The van der Waals surface area contributed by atoms with Gasteiger partial charge < -0.3 is 0 Å². The van der Waals surface area contributed by atoms with Gasteiger partial charge in [0, 0.05) is 25.5 Å². The Morgan fingerprint density at radius 2 is 2.20 bits per heavy atom. The largest absolute Gasteiger partial charge is 0.298 e. The van der Waals surface area contributed by atoms with Crippen LogP contribution in [0.15, 0.2) is 18.2 Å². The van der Waals surface area contributed by atoms with Crippen molar-refractivity contribution in [3.8, 4) is 0 Å². The second-order valence-electron chi connectivity index (χ2n) is 4.29. The molecule has 2 rings (SSSR count). The van der Waals surface area contributed by atoms with E-state index in [1.165, 1.54) is 6.07 Å². The fourth-order valence-electron chi connectivity index (χ4n) is 1.95. The van der Waals surface area contributed by atoms with Crippen molar-refractivity contribution in [1.82, 2.24) is 4.90 Å². The van der Waals surface area contributed by atoms with E-state index in [4.69, 9.17) is 11.6 Å². The van der Waals surface area contributed by atoms with Gasteiger partial charge in [-0.05, 0) is 36.1 Å². The van der Waals surface area contributed by atoms with Gasteiger partial charge in [-0.1, -0.05) is 6.07 Å². The summed E-state index contributed by atoms with van der Waals surface area (Å²) in [6.07, 6.45) is 0. The van der Waals surface area contributed by atoms with Crippen LogP contribution in [0.25, 0.3) is 0 Å². The lowest BCUT2D eigenvalue weighted by atomic mass is 10.00. The molecule has 1 aliphatic heterocycles. The average Bonchev–Trinajstić information content (AvgIpc) is 2.16. The first-order valence-electron chi connectivity index (χ1n) is 5.22. The minimum Gasteiger partial charge on any atom is -0.298 e. The lowest BCUT2D eigenvalue weighted by Gasteiger charge is -2.38. The molecule has 3 heteroatoms. The van der Waals surface area contributed by atoms with E-state index in [1.807, 2.05) is 13.0 Å². The molecule has 0 bridgehead atoms. The summed E-state index contributed by atoms with van der Waals surface area (Å²) in [4.78, 5) is 2.30. The van der Waals surface area contributed by atoms with Crippen molar-refractivity contribution in [3.63, 3.8) is 0 Å². The zero-order valence-electron chi connectivity index (χ0n) is 8.84. The highest BCUT2D eigenvalue weighted by atomic mass is 35.5. The number of hydrogen-bond acceptors (Lipinski definition) is 1. The number of aryl methyl sites for hydroxylation is 1. The Morgan fingerprint density at radius 3 is 2.87 bits per heavy atom. The summed E-state index contributed by atoms with van der Waals surface area (Å²) >= 11 is 5.74. The van der Waals surface area contributed by atoms with Crippen molar-refractivity contribution in [1.29, 1.82) is 0 Å².